The van der Waals surface area contributed by atoms with Gasteiger partial charge >= 0.3 is 0 Å². The van der Waals surface area contributed by atoms with E-state index in [0.29, 0.717) is 0 Å². The van der Waals surface area contributed by atoms with E-state index in [4.69, 9.17) is 0 Å². The molecule has 1 N–H and O–H groups in total. The Morgan fingerprint density at radius 2 is 1.06 bits per heavy atom. The number of hydrogen-bond donors (Lipinski definition) is 1. The van der Waals surface area contributed by atoms with Crippen molar-refractivity contribution in [1.82, 2.24) is 5.32 Å². The van der Waals surface area contributed by atoms with Crippen molar-refractivity contribution in [3.8, 4) is 0 Å². The second-order valence-corrected chi connectivity index (χ2v) is 6.26. The van der Waals surface area contributed by atoms with E-state index in [1.54, 1.807) is 0 Å². The summed E-state index contributed by atoms with van der Waals surface area (Å²) in [4.78, 5) is 0. The van der Waals surface area contributed by atoms with Crippen molar-refractivity contribution in [3.63, 3.8) is 0 Å². The van der Waals surface area contributed by atoms with Crippen LogP contribution in [0.15, 0.2) is 0 Å². The predicted octanol–water partition coefficient (Wildman–Crippen LogP) is 3.67. The number of rotatable bonds is 9. The zero-order chi connectivity index (χ0) is 13.6. The van der Waals surface area contributed by atoms with Gasteiger partial charge in [-0.1, -0.05) is 51.9 Å². The molecule has 17 heavy (non-hydrogen) atoms. The quantitative estimate of drug-likeness (QED) is 0.483. The molecule has 0 spiro atoms. The van der Waals surface area contributed by atoms with E-state index in [9.17, 15) is 0 Å². The fourth-order valence-electron chi connectivity index (χ4n) is 1.44. The highest BCUT2D eigenvalue weighted by molar-refractivity contribution is 4.46. The lowest BCUT2D eigenvalue weighted by Gasteiger charge is -2.14. The SMILES string of the molecule is CCCCCCCCCCNC.C[N+](C)(C)C. The Morgan fingerprint density at radius 3 is 1.41 bits per heavy atom. The number of unbranched alkanes of at least 4 members (excludes halogenated alkanes) is 7. The molecule has 0 fully saturated rings. The maximum absolute atomic E-state index is 3.18. The van der Waals surface area contributed by atoms with Crippen LogP contribution in [0.3, 0.4) is 0 Å². The molecule has 0 aromatic rings. The first-order valence-corrected chi connectivity index (χ1v) is 7.35. The van der Waals surface area contributed by atoms with Crippen LogP contribution in [-0.2, 0) is 0 Å². The second kappa shape index (κ2) is 14.0. The zero-order valence-corrected chi connectivity index (χ0v) is 13.3. The average molecular weight is 245 g/mol. The Bertz CT molecular complexity index is 111. The van der Waals surface area contributed by atoms with E-state index in [2.05, 4.69) is 40.4 Å². The lowest BCUT2D eigenvalue weighted by molar-refractivity contribution is -0.849. The van der Waals surface area contributed by atoms with Crippen molar-refractivity contribution in [1.29, 1.82) is 0 Å². The minimum atomic E-state index is 1.00. The summed E-state index contributed by atoms with van der Waals surface area (Å²) in [7, 11) is 10.5. The molecule has 0 bridgehead atoms. The third kappa shape index (κ3) is 38.8. The van der Waals surface area contributed by atoms with Crippen molar-refractivity contribution in [2.45, 2.75) is 58.3 Å². The topological polar surface area (TPSA) is 12.0 Å². The third-order valence-electron chi connectivity index (χ3n) is 2.28. The van der Waals surface area contributed by atoms with Gasteiger partial charge in [0.25, 0.3) is 0 Å². The minimum Gasteiger partial charge on any atom is -0.333 e. The van der Waals surface area contributed by atoms with Crippen LogP contribution >= 0.6 is 0 Å². The first-order valence-electron chi connectivity index (χ1n) is 7.35. The molecule has 0 aromatic heterocycles. The summed E-state index contributed by atoms with van der Waals surface area (Å²) in [6.07, 6.45) is 11.3. The lowest BCUT2D eigenvalue weighted by atomic mass is 10.1. The molecule has 0 aromatic carbocycles. The fourth-order valence-corrected chi connectivity index (χ4v) is 1.44. The van der Waals surface area contributed by atoms with Gasteiger partial charge in [0.05, 0.1) is 28.2 Å². The van der Waals surface area contributed by atoms with Crippen LogP contribution < -0.4 is 5.32 Å². The Kier molecular flexibility index (Phi) is 15.8. The monoisotopic (exact) mass is 245 g/mol. The Morgan fingerprint density at radius 1 is 0.706 bits per heavy atom. The normalized spacial score (nSPS) is 10.9. The van der Waals surface area contributed by atoms with Crippen LogP contribution in [0.25, 0.3) is 0 Å². The first-order chi connectivity index (χ1) is 7.91. The molecular formula is C15H37N2+. The maximum atomic E-state index is 3.18. The first kappa shape index (κ1) is 19.3. The molecule has 0 rings (SSSR count). The van der Waals surface area contributed by atoms with Gasteiger partial charge in [-0.05, 0) is 20.0 Å². The molecular weight excluding hydrogens is 208 g/mol. The fraction of sp³-hybridized carbons (Fsp3) is 1.00. The van der Waals surface area contributed by atoms with E-state index in [1.165, 1.54) is 57.9 Å². The number of hydrogen-bond acceptors (Lipinski definition) is 1. The summed E-state index contributed by atoms with van der Waals surface area (Å²) in [5.41, 5.74) is 0. The van der Waals surface area contributed by atoms with Gasteiger partial charge in [0.2, 0.25) is 0 Å². The standard InChI is InChI=1S/C11H25N.C4H12N/c1-3-4-5-6-7-8-9-10-11-12-2;1-5(2,3)4/h12H,3-11H2,1-2H3;1-4H3/q;+1. The van der Waals surface area contributed by atoms with Gasteiger partial charge in [0.1, 0.15) is 0 Å². The Balaban J connectivity index is 0. The lowest BCUT2D eigenvalue weighted by Crippen LogP contribution is -2.27. The Hall–Kier alpha value is -0.0800. The van der Waals surface area contributed by atoms with Crippen LogP contribution in [0.4, 0.5) is 0 Å². The van der Waals surface area contributed by atoms with Crippen molar-refractivity contribution in [3.05, 3.63) is 0 Å². The highest BCUT2D eigenvalue weighted by Crippen LogP contribution is 2.07. The molecule has 106 valence electrons. The van der Waals surface area contributed by atoms with Gasteiger partial charge in [-0.25, -0.2) is 0 Å². The highest BCUT2D eigenvalue weighted by Gasteiger charge is 1.90. The van der Waals surface area contributed by atoms with Crippen molar-refractivity contribution in [2.75, 3.05) is 41.8 Å². The van der Waals surface area contributed by atoms with E-state index in [-0.39, 0.29) is 0 Å². The molecule has 0 heterocycles. The minimum absolute atomic E-state index is 1.00. The van der Waals surface area contributed by atoms with E-state index < -0.39 is 0 Å². The van der Waals surface area contributed by atoms with Gasteiger partial charge in [-0.2, -0.15) is 0 Å². The molecule has 0 aliphatic heterocycles. The van der Waals surface area contributed by atoms with Crippen molar-refractivity contribution < 1.29 is 4.48 Å². The van der Waals surface area contributed by atoms with E-state index in [0.717, 1.165) is 4.48 Å². The Labute approximate surface area is 110 Å². The molecule has 0 radical (unpaired) electrons. The number of nitrogens with one attached hydrogen (secondary N) is 1. The highest BCUT2D eigenvalue weighted by atomic mass is 15.2. The summed E-state index contributed by atoms with van der Waals surface area (Å²) in [5, 5.41) is 3.18. The van der Waals surface area contributed by atoms with Gasteiger partial charge < -0.3 is 9.80 Å². The van der Waals surface area contributed by atoms with Crippen LogP contribution in [-0.4, -0.2) is 46.3 Å². The maximum Gasteiger partial charge on any atom is 0.0675 e. The molecule has 0 unspecified atom stereocenters. The molecule has 0 amide bonds. The molecule has 0 aliphatic rings. The molecule has 0 atom stereocenters. The van der Waals surface area contributed by atoms with E-state index in [1.807, 2.05) is 7.05 Å². The van der Waals surface area contributed by atoms with Crippen LogP contribution in [0.5, 0.6) is 0 Å². The number of quaternary nitrogens is 1. The van der Waals surface area contributed by atoms with Gasteiger partial charge in [-0.15, -0.1) is 0 Å². The van der Waals surface area contributed by atoms with E-state index >= 15 is 0 Å². The van der Waals surface area contributed by atoms with Gasteiger partial charge in [0, 0.05) is 0 Å². The predicted molar refractivity (Wildman–Crippen MR) is 80.5 cm³/mol. The summed E-state index contributed by atoms with van der Waals surface area (Å²) in [6, 6.07) is 0. The summed E-state index contributed by atoms with van der Waals surface area (Å²) in [5.74, 6) is 0. The molecule has 0 saturated heterocycles. The average Bonchev–Trinajstić information content (AvgIpc) is 2.20. The third-order valence-corrected chi connectivity index (χ3v) is 2.28. The molecule has 2 heteroatoms. The smallest absolute Gasteiger partial charge is 0.0675 e. The second-order valence-electron chi connectivity index (χ2n) is 6.26. The summed E-state index contributed by atoms with van der Waals surface area (Å²) in [6.45, 7) is 3.46. The summed E-state index contributed by atoms with van der Waals surface area (Å²) >= 11 is 0. The van der Waals surface area contributed by atoms with Gasteiger partial charge in [-0.3, -0.25) is 0 Å². The molecule has 0 saturated carbocycles. The largest absolute Gasteiger partial charge is 0.333 e. The number of nitrogens with zero attached hydrogens (tertiary/aromatic N) is 1. The van der Waals surface area contributed by atoms with Gasteiger partial charge in [0.15, 0.2) is 0 Å². The van der Waals surface area contributed by atoms with Crippen molar-refractivity contribution >= 4 is 0 Å². The zero-order valence-electron chi connectivity index (χ0n) is 13.3. The van der Waals surface area contributed by atoms with Crippen LogP contribution in [0, 0.1) is 0 Å². The van der Waals surface area contributed by atoms with Crippen LogP contribution in [0.1, 0.15) is 58.3 Å². The van der Waals surface area contributed by atoms with Crippen molar-refractivity contribution in [2.24, 2.45) is 0 Å². The van der Waals surface area contributed by atoms with Crippen LogP contribution in [0.2, 0.25) is 0 Å². The molecule has 0 aliphatic carbocycles. The molecule has 2 nitrogen and oxygen atoms in total. The summed E-state index contributed by atoms with van der Waals surface area (Å²) < 4.78 is 1.00.